The van der Waals surface area contributed by atoms with Gasteiger partial charge in [-0.05, 0) is 18.2 Å². The van der Waals surface area contributed by atoms with Gasteiger partial charge in [0.2, 0.25) is 11.0 Å². The highest BCUT2D eigenvalue weighted by molar-refractivity contribution is 5.96. The summed E-state index contributed by atoms with van der Waals surface area (Å²) in [6.45, 7) is 0. The number of benzene rings is 2. The van der Waals surface area contributed by atoms with Gasteiger partial charge in [-0.3, -0.25) is 0 Å². The number of pyridine rings is 1. The minimum absolute atomic E-state index is 0. The molecule has 2 aromatic carbocycles. The first-order valence-corrected chi connectivity index (χ1v) is 6.81. The maximum atomic E-state index is 2.28. The van der Waals surface area contributed by atoms with Crippen LogP contribution in [0.4, 0.5) is 5.69 Å². The number of anilines is 1. The van der Waals surface area contributed by atoms with Crippen molar-refractivity contribution in [2.75, 3.05) is 38.1 Å². The first-order valence-electron chi connectivity index (χ1n) is 6.81. The van der Waals surface area contributed by atoms with Crippen LogP contribution in [0.25, 0.3) is 21.8 Å². The van der Waals surface area contributed by atoms with Gasteiger partial charge in [0.05, 0.1) is 25.2 Å². The SMILES string of the molecule is CN(C)c1cccc2c1cc1ccccc1[n+]2N(C)C.[Cl-]. The number of nitrogens with zero attached hydrogens (tertiary/aromatic N) is 3. The third-order valence-electron chi connectivity index (χ3n) is 3.63. The van der Waals surface area contributed by atoms with Crippen molar-refractivity contribution in [3.05, 3.63) is 48.5 Å². The summed E-state index contributed by atoms with van der Waals surface area (Å²) in [4.78, 5) is 2.16. The molecule has 4 heteroatoms. The second kappa shape index (κ2) is 5.78. The van der Waals surface area contributed by atoms with Crippen molar-refractivity contribution < 1.29 is 17.1 Å². The zero-order valence-corrected chi connectivity index (χ0v) is 13.6. The minimum atomic E-state index is 0. The highest BCUT2D eigenvalue weighted by Gasteiger charge is 2.19. The molecule has 0 amide bonds. The fourth-order valence-corrected chi connectivity index (χ4v) is 2.78. The number of para-hydroxylation sites is 1. The van der Waals surface area contributed by atoms with Crippen molar-refractivity contribution in [3.63, 3.8) is 0 Å². The summed E-state index contributed by atoms with van der Waals surface area (Å²) in [6.07, 6.45) is 0. The molecule has 3 rings (SSSR count). The monoisotopic (exact) mass is 301 g/mol. The highest BCUT2D eigenvalue weighted by atomic mass is 35.5. The van der Waals surface area contributed by atoms with Gasteiger partial charge in [0.1, 0.15) is 0 Å². The van der Waals surface area contributed by atoms with E-state index in [1.165, 1.54) is 27.5 Å². The van der Waals surface area contributed by atoms with Crippen LogP contribution < -0.4 is 27.0 Å². The van der Waals surface area contributed by atoms with Gasteiger partial charge < -0.3 is 17.3 Å². The van der Waals surface area contributed by atoms with Gasteiger partial charge in [-0.25, -0.2) is 0 Å². The summed E-state index contributed by atoms with van der Waals surface area (Å²) in [5, 5.41) is 4.65. The summed E-state index contributed by atoms with van der Waals surface area (Å²) in [5.74, 6) is 0. The van der Waals surface area contributed by atoms with Crippen LogP contribution in [0.3, 0.4) is 0 Å². The Labute approximate surface area is 131 Å². The van der Waals surface area contributed by atoms with Crippen molar-refractivity contribution in [1.82, 2.24) is 0 Å². The fourth-order valence-electron chi connectivity index (χ4n) is 2.78. The fraction of sp³-hybridized carbons (Fsp3) is 0.235. The van der Waals surface area contributed by atoms with E-state index in [0.29, 0.717) is 0 Å². The zero-order valence-electron chi connectivity index (χ0n) is 12.8. The summed E-state index contributed by atoms with van der Waals surface area (Å²) in [6, 6.07) is 17.2. The van der Waals surface area contributed by atoms with Crippen molar-refractivity contribution >= 4 is 27.5 Å². The van der Waals surface area contributed by atoms with Crippen molar-refractivity contribution in [1.29, 1.82) is 0 Å². The lowest BCUT2D eigenvalue weighted by atomic mass is 10.1. The lowest BCUT2D eigenvalue weighted by Crippen LogP contribution is -3.00. The second-order valence-electron chi connectivity index (χ2n) is 5.47. The van der Waals surface area contributed by atoms with Gasteiger partial charge in [0, 0.05) is 31.6 Å². The predicted octanol–water partition coefficient (Wildman–Crippen LogP) is -0.452. The molecule has 0 saturated heterocycles. The molecule has 0 N–H and O–H groups in total. The Hall–Kier alpha value is -2.00. The van der Waals surface area contributed by atoms with Crippen LogP contribution in [0.2, 0.25) is 0 Å². The quantitative estimate of drug-likeness (QED) is 0.469. The standard InChI is InChI=1S/C17H20N3.ClH/c1-18(2)16-10-7-11-17-14(16)12-13-8-5-6-9-15(13)20(17)19(3)4;/h5-12H,1-4H3;1H/q+1;/p-1. The minimum Gasteiger partial charge on any atom is -1.00 e. The molecule has 3 nitrogen and oxygen atoms in total. The number of hydrogen-bond donors (Lipinski definition) is 0. The first kappa shape index (κ1) is 15.4. The smallest absolute Gasteiger partial charge is 0.245 e. The maximum Gasteiger partial charge on any atom is 0.245 e. The van der Waals surface area contributed by atoms with Gasteiger partial charge in [-0.1, -0.05) is 22.9 Å². The molecule has 0 aliphatic heterocycles. The van der Waals surface area contributed by atoms with Gasteiger partial charge in [-0.15, -0.1) is 0 Å². The molecule has 0 aliphatic carbocycles. The summed E-state index contributed by atoms with van der Waals surface area (Å²) in [5.41, 5.74) is 3.68. The van der Waals surface area contributed by atoms with Gasteiger partial charge >= 0.3 is 0 Å². The van der Waals surface area contributed by atoms with Gasteiger partial charge in [0.15, 0.2) is 0 Å². The van der Waals surface area contributed by atoms with Gasteiger partial charge in [-0.2, -0.15) is 5.01 Å². The van der Waals surface area contributed by atoms with Crippen LogP contribution in [0.15, 0.2) is 48.5 Å². The molecule has 3 aromatic rings. The molecule has 0 fully saturated rings. The largest absolute Gasteiger partial charge is 1.00 e. The molecule has 1 aromatic heterocycles. The Morgan fingerprint density at radius 1 is 0.810 bits per heavy atom. The van der Waals surface area contributed by atoms with Crippen LogP contribution in [0.5, 0.6) is 0 Å². The first-order chi connectivity index (χ1) is 9.59. The summed E-state index contributed by atoms with van der Waals surface area (Å²) >= 11 is 0. The molecular formula is C17H20ClN3. The van der Waals surface area contributed by atoms with Gasteiger partial charge in [0.25, 0.3) is 0 Å². The Bertz CT molecular complexity index is 781. The lowest BCUT2D eigenvalue weighted by molar-refractivity contribution is -0.635. The number of fused-ring (bicyclic) bond motifs is 2. The molecular weight excluding hydrogens is 282 g/mol. The summed E-state index contributed by atoms with van der Waals surface area (Å²) in [7, 11) is 8.33. The molecule has 0 unspecified atom stereocenters. The maximum absolute atomic E-state index is 2.28. The van der Waals surface area contributed by atoms with E-state index in [1.807, 2.05) is 0 Å². The Balaban J connectivity index is 0.00000161. The molecule has 110 valence electrons. The molecule has 0 aliphatic rings. The van der Waals surface area contributed by atoms with E-state index in [0.717, 1.165) is 0 Å². The second-order valence-corrected chi connectivity index (χ2v) is 5.47. The van der Waals surface area contributed by atoms with E-state index < -0.39 is 0 Å². The third kappa shape index (κ3) is 2.49. The van der Waals surface area contributed by atoms with Crippen LogP contribution in [0, 0.1) is 0 Å². The van der Waals surface area contributed by atoms with Crippen molar-refractivity contribution in [2.24, 2.45) is 0 Å². The zero-order chi connectivity index (χ0) is 14.3. The third-order valence-corrected chi connectivity index (χ3v) is 3.63. The van der Waals surface area contributed by atoms with E-state index in [-0.39, 0.29) is 12.4 Å². The van der Waals surface area contributed by atoms with Crippen LogP contribution in [-0.2, 0) is 0 Å². The Morgan fingerprint density at radius 2 is 1.48 bits per heavy atom. The van der Waals surface area contributed by atoms with E-state index in [9.17, 15) is 0 Å². The molecule has 0 spiro atoms. The highest BCUT2D eigenvalue weighted by Crippen LogP contribution is 2.26. The van der Waals surface area contributed by atoms with Crippen LogP contribution >= 0.6 is 0 Å². The topological polar surface area (TPSA) is 10.4 Å². The molecule has 0 saturated carbocycles. The molecule has 1 heterocycles. The number of rotatable bonds is 2. The van der Waals surface area contributed by atoms with E-state index in [4.69, 9.17) is 0 Å². The van der Waals surface area contributed by atoms with E-state index in [2.05, 4.69) is 91.3 Å². The van der Waals surface area contributed by atoms with E-state index in [1.54, 1.807) is 0 Å². The Kier molecular flexibility index (Phi) is 4.24. The van der Waals surface area contributed by atoms with Crippen molar-refractivity contribution in [3.8, 4) is 0 Å². The number of halogens is 1. The molecule has 0 radical (unpaired) electrons. The number of aromatic nitrogens is 1. The van der Waals surface area contributed by atoms with Crippen molar-refractivity contribution in [2.45, 2.75) is 0 Å². The van der Waals surface area contributed by atoms with E-state index >= 15 is 0 Å². The lowest BCUT2D eigenvalue weighted by Gasteiger charge is -2.17. The molecule has 0 atom stereocenters. The summed E-state index contributed by atoms with van der Waals surface area (Å²) < 4.78 is 2.26. The van der Waals surface area contributed by atoms with Crippen LogP contribution in [0.1, 0.15) is 0 Å². The molecule has 0 bridgehead atoms. The normalized spacial score (nSPS) is 10.5. The number of hydrogen-bond acceptors (Lipinski definition) is 2. The van der Waals surface area contributed by atoms with Crippen LogP contribution in [-0.4, -0.2) is 28.2 Å². The Morgan fingerprint density at radius 3 is 2.14 bits per heavy atom. The average Bonchev–Trinajstić information content (AvgIpc) is 2.43. The molecule has 21 heavy (non-hydrogen) atoms. The predicted molar refractivity (Wildman–Crippen MR) is 86.0 cm³/mol. The average molecular weight is 302 g/mol.